The van der Waals surface area contributed by atoms with Crippen molar-refractivity contribution in [1.82, 2.24) is 24.9 Å². The van der Waals surface area contributed by atoms with Gasteiger partial charge >= 0.3 is 0 Å². The normalized spacial score (nSPS) is 16.1. The maximum Gasteiger partial charge on any atom is 0.260 e. The Morgan fingerprint density at radius 3 is 2.45 bits per heavy atom. The second-order valence-electron chi connectivity index (χ2n) is 10.9. The Bertz CT molecular complexity index is 1530. The predicted molar refractivity (Wildman–Crippen MR) is 158 cm³/mol. The van der Waals surface area contributed by atoms with E-state index in [-0.39, 0.29) is 5.91 Å². The molecule has 0 unspecified atom stereocenters. The fourth-order valence-electron chi connectivity index (χ4n) is 5.69. The second kappa shape index (κ2) is 11.0. The zero-order valence-electron chi connectivity index (χ0n) is 23.7. The summed E-state index contributed by atoms with van der Waals surface area (Å²) >= 11 is 0. The Morgan fingerprint density at radius 1 is 0.975 bits per heavy atom. The van der Waals surface area contributed by atoms with Crippen molar-refractivity contribution in [2.75, 3.05) is 56.0 Å². The van der Waals surface area contributed by atoms with Crippen molar-refractivity contribution >= 4 is 44.8 Å². The van der Waals surface area contributed by atoms with E-state index in [4.69, 9.17) is 14.6 Å². The lowest BCUT2D eigenvalue weighted by molar-refractivity contribution is 0.102. The van der Waals surface area contributed by atoms with Crippen molar-refractivity contribution in [1.29, 1.82) is 0 Å². The largest absolute Gasteiger partial charge is 0.494 e. The number of fused-ring (bicyclic) bond motifs is 2. The number of rotatable bonds is 10. The highest BCUT2D eigenvalue weighted by molar-refractivity contribution is 6.18. The first-order valence-corrected chi connectivity index (χ1v) is 14.0. The molecule has 2 aromatic heterocycles. The van der Waals surface area contributed by atoms with Gasteiger partial charge in [0, 0.05) is 87.8 Å². The summed E-state index contributed by atoms with van der Waals surface area (Å²) < 4.78 is 14.4. The van der Waals surface area contributed by atoms with Gasteiger partial charge in [0.2, 0.25) is 0 Å². The zero-order chi connectivity index (χ0) is 27.8. The first-order chi connectivity index (χ1) is 19.4. The van der Waals surface area contributed by atoms with Crippen LogP contribution in [0.15, 0.2) is 30.6 Å². The van der Waals surface area contributed by atoms with Crippen LogP contribution < -0.4 is 25.6 Å². The number of carbonyl (C=O) groups is 1. The van der Waals surface area contributed by atoms with Gasteiger partial charge in [-0.05, 0) is 37.8 Å². The van der Waals surface area contributed by atoms with Crippen LogP contribution in [0.5, 0.6) is 5.75 Å². The molecule has 1 amide bonds. The quantitative estimate of drug-likeness (QED) is 0.259. The fourth-order valence-corrected chi connectivity index (χ4v) is 5.69. The lowest BCUT2D eigenvalue weighted by atomic mass is 10.0. The van der Waals surface area contributed by atoms with E-state index in [0.717, 1.165) is 53.6 Å². The Kier molecular flexibility index (Phi) is 7.24. The summed E-state index contributed by atoms with van der Waals surface area (Å²) in [5, 5.41) is 21.4. The van der Waals surface area contributed by atoms with E-state index in [0.29, 0.717) is 47.8 Å². The molecule has 1 aliphatic carbocycles. The minimum atomic E-state index is -0.260. The number of anilines is 3. The Labute approximate surface area is 233 Å². The molecule has 11 heteroatoms. The van der Waals surface area contributed by atoms with Crippen molar-refractivity contribution in [3.05, 3.63) is 36.2 Å². The number of ether oxygens (including phenoxy) is 2. The number of benzene rings is 2. The summed E-state index contributed by atoms with van der Waals surface area (Å²) in [6, 6.07) is 7.12. The SMILES string of the molecule is COCCNc1cc(N2CCC(NC3CC3)CC2)c2cn(C)nc2c1C(=O)Nc1cc2cn(C)nc2cc1OC. The number of hydrogen-bond acceptors (Lipinski definition) is 8. The van der Waals surface area contributed by atoms with Crippen molar-refractivity contribution < 1.29 is 14.3 Å². The molecular formula is C29H38N8O3. The molecule has 1 aliphatic heterocycles. The fraction of sp³-hybridized carbons (Fsp3) is 0.483. The molecule has 3 N–H and O–H groups in total. The molecule has 6 rings (SSSR count). The molecule has 1 saturated carbocycles. The van der Waals surface area contributed by atoms with Gasteiger partial charge < -0.3 is 30.3 Å². The highest BCUT2D eigenvalue weighted by Gasteiger charge is 2.29. The van der Waals surface area contributed by atoms with Crippen LogP contribution in [0.2, 0.25) is 0 Å². The highest BCUT2D eigenvalue weighted by Crippen LogP contribution is 2.37. The van der Waals surface area contributed by atoms with Crippen LogP contribution in [-0.2, 0) is 18.8 Å². The molecule has 0 atom stereocenters. The van der Waals surface area contributed by atoms with E-state index in [1.807, 2.05) is 38.6 Å². The van der Waals surface area contributed by atoms with E-state index in [1.165, 1.54) is 12.8 Å². The molecular weight excluding hydrogens is 508 g/mol. The van der Waals surface area contributed by atoms with Gasteiger partial charge in [0.25, 0.3) is 5.91 Å². The molecule has 3 heterocycles. The van der Waals surface area contributed by atoms with Gasteiger partial charge in [-0.3, -0.25) is 14.2 Å². The molecule has 1 saturated heterocycles. The Hall–Kier alpha value is -3.83. The number of carbonyl (C=O) groups excluding carboxylic acids is 1. The number of aryl methyl sites for hydroxylation is 2. The summed E-state index contributed by atoms with van der Waals surface area (Å²) in [4.78, 5) is 16.4. The van der Waals surface area contributed by atoms with Crippen molar-refractivity contribution in [2.45, 2.75) is 37.8 Å². The number of amides is 1. The molecule has 2 aliphatic rings. The average molecular weight is 547 g/mol. The zero-order valence-corrected chi connectivity index (χ0v) is 23.7. The number of aromatic nitrogens is 4. The number of piperidine rings is 1. The van der Waals surface area contributed by atoms with Gasteiger partial charge in [-0.1, -0.05) is 0 Å². The number of nitrogens with zero attached hydrogens (tertiary/aromatic N) is 5. The summed E-state index contributed by atoms with van der Waals surface area (Å²) in [6.45, 7) is 2.99. The Balaban J connectivity index is 1.36. The number of methoxy groups -OCH3 is 2. The molecule has 0 radical (unpaired) electrons. The van der Waals surface area contributed by atoms with Gasteiger partial charge in [0.05, 0.1) is 36.2 Å². The van der Waals surface area contributed by atoms with Gasteiger partial charge in [0.1, 0.15) is 11.3 Å². The van der Waals surface area contributed by atoms with Gasteiger partial charge in [-0.15, -0.1) is 0 Å². The molecule has 0 bridgehead atoms. The Morgan fingerprint density at radius 2 is 1.73 bits per heavy atom. The predicted octanol–water partition coefficient (Wildman–Crippen LogP) is 3.50. The van der Waals surface area contributed by atoms with E-state index in [2.05, 4.69) is 32.0 Å². The van der Waals surface area contributed by atoms with E-state index >= 15 is 0 Å². The first kappa shape index (κ1) is 26.4. The van der Waals surface area contributed by atoms with Crippen LogP contribution in [0.4, 0.5) is 17.1 Å². The third kappa shape index (κ3) is 5.31. The first-order valence-electron chi connectivity index (χ1n) is 14.0. The van der Waals surface area contributed by atoms with Gasteiger partial charge in [0.15, 0.2) is 0 Å². The van der Waals surface area contributed by atoms with Crippen LogP contribution in [0.3, 0.4) is 0 Å². The van der Waals surface area contributed by atoms with Gasteiger partial charge in [-0.2, -0.15) is 10.2 Å². The molecule has 2 fully saturated rings. The van der Waals surface area contributed by atoms with Crippen molar-refractivity contribution in [3.8, 4) is 5.75 Å². The van der Waals surface area contributed by atoms with Crippen LogP contribution >= 0.6 is 0 Å². The average Bonchev–Trinajstić information content (AvgIpc) is 3.55. The summed E-state index contributed by atoms with van der Waals surface area (Å²) in [6.07, 6.45) is 8.73. The smallest absolute Gasteiger partial charge is 0.260 e. The van der Waals surface area contributed by atoms with E-state index in [1.54, 1.807) is 23.6 Å². The third-order valence-corrected chi connectivity index (χ3v) is 7.81. The standard InChI is InChI=1S/C29H38N8O3/c1-35-16-18-13-23(26(40-4)15-22(18)33-35)32-29(38)27-24(30-9-12-39-3)14-25(21-17-36(2)34-28(21)27)37-10-7-20(8-11-37)31-19-5-6-19/h13-17,19-20,30-31H,5-12H2,1-4H3,(H,32,38). The van der Waals surface area contributed by atoms with Crippen LogP contribution in [-0.4, -0.2) is 78.0 Å². The third-order valence-electron chi connectivity index (χ3n) is 7.81. The second-order valence-corrected chi connectivity index (χ2v) is 10.9. The molecule has 2 aromatic carbocycles. The summed E-state index contributed by atoms with van der Waals surface area (Å²) in [7, 11) is 7.03. The molecule has 40 heavy (non-hydrogen) atoms. The summed E-state index contributed by atoms with van der Waals surface area (Å²) in [5.74, 6) is 0.286. The molecule has 4 aromatic rings. The monoisotopic (exact) mass is 546 g/mol. The maximum absolute atomic E-state index is 14.0. The van der Waals surface area contributed by atoms with Crippen LogP contribution in [0, 0.1) is 0 Å². The summed E-state index contributed by atoms with van der Waals surface area (Å²) in [5.41, 5.74) is 4.36. The van der Waals surface area contributed by atoms with E-state index in [9.17, 15) is 4.79 Å². The van der Waals surface area contributed by atoms with Crippen molar-refractivity contribution in [2.24, 2.45) is 14.1 Å². The van der Waals surface area contributed by atoms with Crippen LogP contribution in [0.1, 0.15) is 36.0 Å². The molecule has 0 spiro atoms. The minimum Gasteiger partial charge on any atom is -0.494 e. The van der Waals surface area contributed by atoms with Crippen molar-refractivity contribution in [3.63, 3.8) is 0 Å². The van der Waals surface area contributed by atoms with E-state index < -0.39 is 0 Å². The topological polar surface area (TPSA) is 110 Å². The van der Waals surface area contributed by atoms with Crippen LogP contribution in [0.25, 0.3) is 21.8 Å². The minimum absolute atomic E-state index is 0.260. The number of nitrogens with one attached hydrogen (secondary N) is 3. The number of hydrogen-bond donors (Lipinski definition) is 3. The molecule has 212 valence electrons. The molecule has 11 nitrogen and oxygen atoms in total. The van der Waals surface area contributed by atoms with Gasteiger partial charge in [-0.25, -0.2) is 0 Å². The lowest BCUT2D eigenvalue weighted by Crippen LogP contribution is -2.43. The maximum atomic E-state index is 14.0. The lowest BCUT2D eigenvalue weighted by Gasteiger charge is -2.35. The highest BCUT2D eigenvalue weighted by atomic mass is 16.5.